The highest BCUT2D eigenvalue weighted by atomic mass is 32.2. The normalized spacial score (nSPS) is 12.6. The van der Waals surface area contributed by atoms with Crippen LogP contribution in [0.3, 0.4) is 0 Å². The van der Waals surface area contributed by atoms with Gasteiger partial charge in [-0.2, -0.15) is 0 Å². The molecule has 1 aromatic heterocycles. The second-order valence-corrected chi connectivity index (χ2v) is 6.14. The number of thioether (sulfide) groups is 1. The predicted molar refractivity (Wildman–Crippen MR) is 75.0 cm³/mol. The molecule has 1 aromatic carbocycles. The predicted octanol–water partition coefficient (Wildman–Crippen LogP) is 1.89. The number of fused-ring (bicyclic) bond motifs is 1. The van der Waals surface area contributed by atoms with Crippen molar-refractivity contribution >= 4 is 39.2 Å². The number of nitrogens with one attached hydrogen (secondary N) is 1. The Balaban J connectivity index is 1.92. The molecule has 18 heavy (non-hydrogen) atoms. The van der Waals surface area contributed by atoms with Gasteiger partial charge in [0.05, 0.1) is 22.6 Å². The molecule has 0 bridgehead atoms. The smallest absolute Gasteiger partial charge is 0.230 e. The molecule has 0 saturated carbocycles. The van der Waals surface area contributed by atoms with Crippen LogP contribution in [0, 0.1) is 0 Å². The van der Waals surface area contributed by atoms with Crippen molar-refractivity contribution in [1.82, 2.24) is 10.3 Å². The molecule has 2 N–H and O–H groups in total. The molecular weight excluding hydrogens is 268 g/mol. The van der Waals surface area contributed by atoms with E-state index in [1.165, 1.54) is 11.8 Å². The second kappa shape index (κ2) is 6.17. The van der Waals surface area contributed by atoms with Gasteiger partial charge in [-0.3, -0.25) is 4.79 Å². The molecule has 2 aromatic rings. The summed E-state index contributed by atoms with van der Waals surface area (Å²) in [5.74, 6) is 0.241. The van der Waals surface area contributed by atoms with E-state index in [9.17, 15) is 4.79 Å². The summed E-state index contributed by atoms with van der Waals surface area (Å²) in [6.07, 6.45) is 0. The topological polar surface area (TPSA) is 62.2 Å². The van der Waals surface area contributed by atoms with Gasteiger partial charge in [0, 0.05) is 6.04 Å². The number of benzene rings is 1. The van der Waals surface area contributed by atoms with E-state index in [-0.39, 0.29) is 18.6 Å². The van der Waals surface area contributed by atoms with E-state index in [1.807, 2.05) is 24.3 Å². The number of amides is 1. The maximum atomic E-state index is 11.5. The van der Waals surface area contributed by atoms with Gasteiger partial charge in [0.1, 0.15) is 0 Å². The van der Waals surface area contributed by atoms with Crippen LogP contribution >= 0.6 is 23.1 Å². The van der Waals surface area contributed by atoms with Crippen molar-refractivity contribution in [2.45, 2.75) is 17.3 Å². The first-order chi connectivity index (χ1) is 8.69. The Bertz CT molecular complexity index is 509. The van der Waals surface area contributed by atoms with Gasteiger partial charge in [0.2, 0.25) is 5.91 Å². The van der Waals surface area contributed by atoms with E-state index in [2.05, 4.69) is 10.3 Å². The lowest BCUT2D eigenvalue weighted by atomic mass is 10.3. The molecular formula is C12H14N2O2S2. The quantitative estimate of drug-likeness (QED) is 0.822. The summed E-state index contributed by atoms with van der Waals surface area (Å²) < 4.78 is 2.02. The minimum absolute atomic E-state index is 0.0441. The molecule has 1 heterocycles. The van der Waals surface area contributed by atoms with Crippen LogP contribution in [-0.2, 0) is 4.79 Å². The molecule has 2 rings (SSSR count). The van der Waals surface area contributed by atoms with Crippen LogP contribution in [0.1, 0.15) is 6.92 Å². The van der Waals surface area contributed by atoms with Crippen LogP contribution in [0.4, 0.5) is 0 Å². The van der Waals surface area contributed by atoms with E-state index in [4.69, 9.17) is 5.11 Å². The molecule has 6 heteroatoms. The van der Waals surface area contributed by atoms with Gasteiger partial charge >= 0.3 is 0 Å². The standard InChI is InChI=1S/C12H14N2O2S2/c1-8(6-15)13-11(16)7-17-12-14-9-4-2-3-5-10(9)18-12/h2-5,8,15H,6-7H2,1H3,(H,13,16)/t8-/m1/s1. The number of hydrogen-bond donors (Lipinski definition) is 2. The van der Waals surface area contributed by atoms with Crippen LogP contribution in [0.25, 0.3) is 10.2 Å². The highest BCUT2D eigenvalue weighted by molar-refractivity contribution is 8.01. The lowest BCUT2D eigenvalue weighted by Gasteiger charge is -2.09. The summed E-state index contributed by atoms with van der Waals surface area (Å²) in [5.41, 5.74) is 0.967. The zero-order chi connectivity index (χ0) is 13.0. The van der Waals surface area contributed by atoms with E-state index in [0.29, 0.717) is 5.75 Å². The minimum atomic E-state index is -0.200. The summed E-state index contributed by atoms with van der Waals surface area (Å²) >= 11 is 3.01. The lowest BCUT2D eigenvalue weighted by Crippen LogP contribution is -2.36. The van der Waals surface area contributed by atoms with Gasteiger partial charge < -0.3 is 10.4 Å². The van der Waals surface area contributed by atoms with Crippen molar-refractivity contribution in [2.24, 2.45) is 0 Å². The number of thiazole rings is 1. The maximum absolute atomic E-state index is 11.5. The van der Waals surface area contributed by atoms with Crippen molar-refractivity contribution < 1.29 is 9.90 Å². The first kappa shape index (κ1) is 13.3. The summed E-state index contributed by atoms with van der Waals surface area (Å²) in [6, 6.07) is 7.71. The Kier molecular flexibility index (Phi) is 4.57. The van der Waals surface area contributed by atoms with Crippen LogP contribution < -0.4 is 5.32 Å². The molecule has 0 spiro atoms. The monoisotopic (exact) mass is 282 g/mol. The van der Waals surface area contributed by atoms with Crippen molar-refractivity contribution in [3.05, 3.63) is 24.3 Å². The molecule has 0 aliphatic heterocycles. The number of carbonyl (C=O) groups is 1. The summed E-state index contributed by atoms with van der Waals surface area (Å²) in [6.45, 7) is 1.72. The zero-order valence-electron chi connectivity index (χ0n) is 9.92. The Labute approximate surface area is 113 Å². The van der Waals surface area contributed by atoms with Gasteiger partial charge in [-0.25, -0.2) is 4.98 Å². The third kappa shape index (κ3) is 3.44. The highest BCUT2D eigenvalue weighted by Crippen LogP contribution is 2.28. The van der Waals surface area contributed by atoms with Gasteiger partial charge in [0.15, 0.2) is 4.34 Å². The molecule has 1 atom stereocenters. The Hall–Kier alpha value is -1.11. The molecule has 4 nitrogen and oxygen atoms in total. The molecule has 0 aliphatic rings. The first-order valence-electron chi connectivity index (χ1n) is 5.57. The van der Waals surface area contributed by atoms with Crippen LogP contribution in [0.15, 0.2) is 28.6 Å². The third-order valence-corrected chi connectivity index (χ3v) is 4.46. The van der Waals surface area contributed by atoms with Crippen molar-refractivity contribution in [3.8, 4) is 0 Å². The number of rotatable bonds is 5. The van der Waals surface area contributed by atoms with Gasteiger partial charge in [-0.15, -0.1) is 11.3 Å². The van der Waals surface area contributed by atoms with Crippen molar-refractivity contribution in [3.63, 3.8) is 0 Å². The minimum Gasteiger partial charge on any atom is -0.394 e. The average Bonchev–Trinajstić information content (AvgIpc) is 2.79. The fourth-order valence-electron chi connectivity index (χ4n) is 1.40. The number of carbonyl (C=O) groups excluding carboxylic acids is 1. The van der Waals surface area contributed by atoms with Gasteiger partial charge in [-0.1, -0.05) is 23.9 Å². The average molecular weight is 282 g/mol. The Morgan fingerprint density at radius 2 is 2.33 bits per heavy atom. The number of hydrogen-bond acceptors (Lipinski definition) is 5. The Morgan fingerprint density at radius 1 is 1.56 bits per heavy atom. The molecule has 0 unspecified atom stereocenters. The van der Waals surface area contributed by atoms with Gasteiger partial charge in [0.25, 0.3) is 0 Å². The van der Waals surface area contributed by atoms with Gasteiger partial charge in [-0.05, 0) is 19.1 Å². The zero-order valence-corrected chi connectivity index (χ0v) is 11.6. The number of aliphatic hydroxyl groups excluding tert-OH is 1. The number of aliphatic hydroxyl groups is 1. The SMILES string of the molecule is C[C@H](CO)NC(=O)CSc1nc2ccccc2s1. The van der Waals surface area contributed by atoms with E-state index in [1.54, 1.807) is 18.3 Å². The van der Waals surface area contributed by atoms with Crippen molar-refractivity contribution in [2.75, 3.05) is 12.4 Å². The molecule has 1 amide bonds. The molecule has 0 radical (unpaired) electrons. The van der Waals surface area contributed by atoms with Crippen molar-refractivity contribution in [1.29, 1.82) is 0 Å². The van der Waals surface area contributed by atoms with Crippen LogP contribution in [0.5, 0.6) is 0 Å². The lowest BCUT2D eigenvalue weighted by molar-refractivity contribution is -0.119. The van der Waals surface area contributed by atoms with Crippen LogP contribution in [0.2, 0.25) is 0 Å². The fourth-order valence-corrected chi connectivity index (χ4v) is 3.28. The van der Waals surface area contributed by atoms with E-state index < -0.39 is 0 Å². The maximum Gasteiger partial charge on any atom is 0.230 e. The largest absolute Gasteiger partial charge is 0.394 e. The van der Waals surface area contributed by atoms with E-state index >= 15 is 0 Å². The number of nitrogens with zero attached hydrogens (tertiary/aromatic N) is 1. The third-order valence-electron chi connectivity index (χ3n) is 2.28. The molecule has 0 saturated heterocycles. The molecule has 0 fully saturated rings. The second-order valence-electron chi connectivity index (χ2n) is 3.89. The highest BCUT2D eigenvalue weighted by Gasteiger charge is 2.09. The number of aromatic nitrogens is 1. The molecule has 96 valence electrons. The van der Waals surface area contributed by atoms with Crippen LogP contribution in [-0.4, -0.2) is 34.4 Å². The number of para-hydroxylation sites is 1. The molecule has 0 aliphatic carbocycles. The Morgan fingerprint density at radius 3 is 3.06 bits per heavy atom. The summed E-state index contributed by atoms with van der Waals surface area (Å²) in [7, 11) is 0. The first-order valence-corrected chi connectivity index (χ1v) is 7.38. The summed E-state index contributed by atoms with van der Waals surface area (Å²) in [5, 5.41) is 11.5. The summed E-state index contributed by atoms with van der Waals surface area (Å²) in [4.78, 5) is 16.0. The fraction of sp³-hybridized carbons (Fsp3) is 0.333. The van der Waals surface area contributed by atoms with E-state index in [0.717, 1.165) is 14.6 Å².